The Morgan fingerprint density at radius 2 is 1.96 bits per heavy atom. The summed E-state index contributed by atoms with van der Waals surface area (Å²) < 4.78 is 2.20. The van der Waals surface area contributed by atoms with Gasteiger partial charge in [0, 0.05) is 12.2 Å². The minimum Gasteiger partial charge on any atom is -0.337 e. The van der Waals surface area contributed by atoms with E-state index in [1.54, 1.807) is 0 Å². The van der Waals surface area contributed by atoms with Gasteiger partial charge in [-0.1, -0.05) is 44.9 Å². The van der Waals surface area contributed by atoms with Crippen LogP contribution >= 0.6 is 11.8 Å². The second-order valence-corrected chi connectivity index (χ2v) is 8.88. The van der Waals surface area contributed by atoms with Gasteiger partial charge in [0.05, 0.1) is 17.0 Å². The van der Waals surface area contributed by atoms with Crippen LogP contribution in [-0.4, -0.2) is 26.2 Å². The highest BCUT2D eigenvalue weighted by atomic mass is 32.2. The summed E-state index contributed by atoms with van der Waals surface area (Å²) >= 11 is 1.48. The number of nitrogens with zero attached hydrogens (tertiary/aromatic N) is 3. The molecule has 1 aliphatic carbocycles. The summed E-state index contributed by atoms with van der Waals surface area (Å²) in [6.07, 6.45) is 4.67. The highest BCUT2D eigenvalue weighted by molar-refractivity contribution is 8.00. The minimum atomic E-state index is -0.677. The molecule has 6 heteroatoms. The Hall–Kier alpha value is -1.48. The normalized spacial score (nSPS) is 18.0. The Kier molecular flexibility index (Phi) is 6.56. The molecule has 1 fully saturated rings. The molecule has 1 aliphatic rings. The van der Waals surface area contributed by atoms with Gasteiger partial charge in [-0.05, 0) is 39.5 Å². The van der Waals surface area contributed by atoms with Crippen molar-refractivity contribution in [3.63, 3.8) is 0 Å². The Morgan fingerprint density at radius 1 is 1.32 bits per heavy atom. The molecule has 5 nitrogen and oxygen atoms in total. The topological polar surface area (TPSA) is 70.7 Å². The van der Waals surface area contributed by atoms with Gasteiger partial charge in [0.2, 0.25) is 5.91 Å². The quantitative estimate of drug-likeness (QED) is 0.777. The van der Waals surface area contributed by atoms with E-state index in [1.165, 1.54) is 11.8 Å². The number of carbonyl (C=O) groups excluding carboxylic acids is 1. The molecule has 1 heterocycles. The summed E-state index contributed by atoms with van der Waals surface area (Å²) in [5, 5.41) is 13.2. The van der Waals surface area contributed by atoms with Crippen LogP contribution in [0.3, 0.4) is 0 Å². The van der Waals surface area contributed by atoms with Gasteiger partial charge in [0.1, 0.15) is 5.54 Å². The van der Waals surface area contributed by atoms with Crippen molar-refractivity contribution < 1.29 is 4.79 Å². The van der Waals surface area contributed by atoms with Crippen molar-refractivity contribution in [2.45, 2.75) is 89.2 Å². The molecule has 138 valence electrons. The highest BCUT2D eigenvalue weighted by Gasteiger charge is 2.35. The minimum absolute atomic E-state index is 0.0668. The third-order valence-electron chi connectivity index (χ3n) is 4.91. The van der Waals surface area contributed by atoms with Crippen LogP contribution in [0.1, 0.15) is 64.3 Å². The Labute approximate surface area is 155 Å². The molecular formula is C19H30N4OS. The number of rotatable bonds is 6. The number of thioether (sulfide) groups is 1. The lowest BCUT2D eigenvalue weighted by molar-refractivity contribution is -0.121. The van der Waals surface area contributed by atoms with E-state index in [1.807, 2.05) is 13.8 Å². The molecule has 1 saturated carbocycles. The molecule has 1 amide bonds. The molecule has 1 atom stereocenters. The Bertz CT molecular complexity index is 653. The number of carbonyl (C=O) groups is 1. The van der Waals surface area contributed by atoms with Crippen molar-refractivity contribution in [3.05, 3.63) is 11.4 Å². The lowest BCUT2D eigenvalue weighted by atomic mass is 9.83. The van der Waals surface area contributed by atoms with E-state index in [9.17, 15) is 10.1 Å². The maximum atomic E-state index is 12.7. The van der Waals surface area contributed by atoms with Crippen molar-refractivity contribution in [3.8, 4) is 6.07 Å². The number of nitrogens with one attached hydrogen (secondary N) is 1. The van der Waals surface area contributed by atoms with Gasteiger partial charge in [0.15, 0.2) is 5.16 Å². The van der Waals surface area contributed by atoms with E-state index < -0.39 is 5.54 Å². The van der Waals surface area contributed by atoms with Crippen molar-refractivity contribution in [1.29, 1.82) is 5.26 Å². The van der Waals surface area contributed by atoms with Crippen molar-refractivity contribution in [2.24, 2.45) is 5.92 Å². The lowest BCUT2D eigenvalue weighted by Crippen LogP contribution is -2.51. The number of imidazole rings is 1. The predicted octanol–water partition coefficient (Wildman–Crippen LogP) is 3.98. The third-order valence-corrected chi connectivity index (χ3v) is 6.00. The zero-order chi connectivity index (χ0) is 18.6. The van der Waals surface area contributed by atoms with Crippen LogP contribution in [0.4, 0.5) is 0 Å². The number of aryl methyl sites for hydroxylation is 1. The molecule has 0 spiro atoms. The maximum absolute atomic E-state index is 12.7. The number of nitriles is 1. The monoisotopic (exact) mass is 362 g/mol. The number of amides is 1. The first-order valence-electron chi connectivity index (χ1n) is 9.21. The van der Waals surface area contributed by atoms with Gasteiger partial charge in [-0.3, -0.25) is 4.79 Å². The average molecular weight is 363 g/mol. The van der Waals surface area contributed by atoms with Crippen LogP contribution < -0.4 is 5.32 Å². The van der Waals surface area contributed by atoms with E-state index in [-0.39, 0.29) is 11.2 Å². The molecule has 0 aromatic carbocycles. The average Bonchev–Trinajstić information content (AvgIpc) is 2.82. The molecule has 0 radical (unpaired) electrons. The molecule has 1 unspecified atom stereocenters. The standard InChI is InChI=1S/C19H30N4OS/c1-13(2)11-23-15(4)14(3)21-18(23)25-16(5)17(24)22-19(12-20)9-7-6-8-10-19/h13,16H,6-11H2,1-5H3,(H,22,24). The van der Waals surface area contributed by atoms with E-state index >= 15 is 0 Å². The van der Waals surface area contributed by atoms with Gasteiger partial charge in [-0.25, -0.2) is 4.98 Å². The van der Waals surface area contributed by atoms with Gasteiger partial charge < -0.3 is 9.88 Å². The second kappa shape index (κ2) is 8.27. The summed E-state index contributed by atoms with van der Waals surface area (Å²) in [5.41, 5.74) is 1.49. The van der Waals surface area contributed by atoms with Crippen LogP contribution in [0.15, 0.2) is 5.16 Å². The zero-order valence-electron chi connectivity index (χ0n) is 16.1. The molecule has 25 heavy (non-hydrogen) atoms. The summed E-state index contributed by atoms with van der Waals surface area (Å²) in [6, 6.07) is 2.36. The summed E-state index contributed by atoms with van der Waals surface area (Å²) in [5.74, 6) is 0.447. The van der Waals surface area contributed by atoms with Crippen LogP contribution in [0.2, 0.25) is 0 Å². The number of aromatic nitrogens is 2. The molecule has 1 N–H and O–H groups in total. The molecule has 2 rings (SSSR count). The first kappa shape index (κ1) is 19.8. The third kappa shape index (κ3) is 4.78. The predicted molar refractivity (Wildman–Crippen MR) is 101 cm³/mol. The molecule has 1 aromatic rings. The first-order valence-corrected chi connectivity index (χ1v) is 10.1. The van der Waals surface area contributed by atoms with Crippen molar-refractivity contribution in [1.82, 2.24) is 14.9 Å². The van der Waals surface area contributed by atoms with Crippen LogP contribution in [0.25, 0.3) is 0 Å². The number of hydrogen-bond acceptors (Lipinski definition) is 4. The van der Waals surface area contributed by atoms with E-state index in [4.69, 9.17) is 0 Å². The fourth-order valence-electron chi connectivity index (χ4n) is 3.26. The molecule has 0 bridgehead atoms. The molecule has 0 aliphatic heterocycles. The van der Waals surface area contributed by atoms with E-state index in [0.717, 1.165) is 55.2 Å². The van der Waals surface area contributed by atoms with Crippen molar-refractivity contribution >= 4 is 17.7 Å². The smallest absolute Gasteiger partial charge is 0.234 e. The lowest BCUT2D eigenvalue weighted by Gasteiger charge is -2.32. The van der Waals surface area contributed by atoms with E-state index in [0.29, 0.717) is 5.92 Å². The fraction of sp³-hybridized carbons (Fsp3) is 0.737. The Morgan fingerprint density at radius 3 is 2.52 bits per heavy atom. The molecule has 1 aromatic heterocycles. The maximum Gasteiger partial charge on any atom is 0.234 e. The first-order chi connectivity index (χ1) is 11.8. The highest BCUT2D eigenvalue weighted by Crippen LogP contribution is 2.30. The second-order valence-electron chi connectivity index (χ2n) is 7.57. The van der Waals surface area contributed by atoms with Crippen LogP contribution in [-0.2, 0) is 11.3 Å². The fourth-order valence-corrected chi connectivity index (χ4v) is 4.27. The van der Waals surface area contributed by atoms with Gasteiger partial charge in [0.25, 0.3) is 0 Å². The van der Waals surface area contributed by atoms with E-state index in [2.05, 4.69) is 41.7 Å². The summed E-state index contributed by atoms with van der Waals surface area (Å²) in [6.45, 7) is 11.2. The Balaban J connectivity index is 2.09. The SMILES string of the molecule is Cc1nc(SC(C)C(=O)NC2(C#N)CCCCC2)n(CC(C)C)c1C. The van der Waals surface area contributed by atoms with Crippen molar-refractivity contribution in [2.75, 3.05) is 0 Å². The van der Waals surface area contributed by atoms with Gasteiger partial charge in [-0.2, -0.15) is 5.26 Å². The van der Waals surface area contributed by atoms with Crippen LogP contribution in [0, 0.1) is 31.1 Å². The summed E-state index contributed by atoms with van der Waals surface area (Å²) in [4.78, 5) is 17.3. The zero-order valence-corrected chi connectivity index (χ0v) is 16.9. The molecular weight excluding hydrogens is 332 g/mol. The van der Waals surface area contributed by atoms with Gasteiger partial charge in [-0.15, -0.1) is 0 Å². The number of hydrogen-bond donors (Lipinski definition) is 1. The molecule has 0 saturated heterocycles. The summed E-state index contributed by atoms with van der Waals surface area (Å²) in [7, 11) is 0. The van der Waals surface area contributed by atoms with Crippen LogP contribution in [0.5, 0.6) is 0 Å². The van der Waals surface area contributed by atoms with Gasteiger partial charge >= 0.3 is 0 Å². The largest absolute Gasteiger partial charge is 0.337 e.